The number of nitrogens with zero attached hydrogens (tertiary/aromatic N) is 1. The standard InChI is InChI=1S/C21H20F5NO5S/c1-10-6-13(10)14-3-2-12(32-14)7-27(11-4-5-33(29,30)9-11)15(28)8-31-21-19(25)17(23)16(22)18(24)20(21)26/h2-3,10-11,13H,4-9H2,1H3. The zero-order valence-electron chi connectivity index (χ0n) is 17.4. The number of halogens is 5. The van der Waals surface area contributed by atoms with E-state index in [2.05, 4.69) is 11.7 Å². The summed E-state index contributed by atoms with van der Waals surface area (Å²) in [6, 6.07) is 2.66. The highest BCUT2D eigenvalue weighted by molar-refractivity contribution is 7.91. The number of ether oxygens (including phenoxy) is 1. The Bertz CT molecular complexity index is 1170. The molecule has 2 heterocycles. The SMILES string of the molecule is CC1CC1c1ccc(CN(C(=O)COc2c(F)c(F)c(F)c(F)c2F)C2CCS(=O)(=O)C2)o1. The monoisotopic (exact) mass is 493 g/mol. The number of furan rings is 1. The number of sulfone groups is 1. The third kappa shape index (κ3) is 4.71. The molecule has 1 saturated heterocycles. The summed E-state index contributed by atoms with van der Waals surface area (Å²) in [6.45, 7) is 0.853. The predicted molar refractivity (Wildman–Crippen MR) is 105 cm³/mol. The summed E-state index contributed by atoms with van der Waals surface area (Å²) in [5.41, 5.74) is 0. The van der Waals surface area contributed by atoms with Gasteiger partial charge in [0.2, 0.25) is 29.1 Å². The summed E-state index contributed by atoms with van der Waals surface area (Å²) in [7, 11) is -3.39. The summed E-state index contributed by atoms with van der Waals surface area (Å²) in [5.74, 6) is -12.3. The van der Waals surface area contributed by atoms with Gasteiger partial charge < -0.3 is 14.1 Å². The van der Waals surface area contributed by atoms with Crippen molar-refractivity contribution >= 4 is 15.7 Å². The van der Waals surface area contributed by atoms with Crippen molar-refractivity contribution in [3.63, 3.8) is 0 Å². The van der Waals surface area contributed by atoms with Crippen molar-refractivity contribution in [2.75, 3.05) is 18.1 Å². The van der Waals surface area contributed by atoms with Crippen molar-refractivity contribution < 1.29 is 44.3 Å². The van der Waals surface area contributed by atoms with Gasteiger partial charge >= 0.3 is 0 Å². The molecule has 0 bridgehead atoms. The zero-order valence-corrected chi connectivity index (χ0v) is 18.2. The molecule has 1 amide bonds. The van der Waals surface area contributed by atoms with Crippen LogP contribution in [0.3, 0.4) is 0 Å². The second-order valence-corrected chi connectivity index (χ2v) is 10.6. The molecule has 0 N–H and O–H groups in total. The Morgan fingerprint density at radius 1 is 1.09 bits per heavy atom. The molecule has 4 rings (SSSR count). The molecule has 3 unspecified atom stereocenters. The lowest BCUT2D eigenvalue weighted by molar-refractivity contribution is -0.136. The summed E-state index contributed by atoms with van der Waals surface area (Å²) < 4.78 is 102. The van der Waals surface area contributed by atoms with Gasteiger partial charge in [-0.25, -0.2) is 21.6 Å². The van der Waals surface area contributed by atoms with Crippen molar-refractivity contribution in [2.45, 2.75) is 38.3 Å². The van der Waals surface area contributed by atoms with Gasteiger partial charge in [0.1, 0.15) is 11.5 Å². The molecule has 1 aromatic heterocycles. The van der Waals surface area contributed by atoms with Crippen LogP contribution in [0, 0.1) is 35.0 Å². The molecule has 1 aromatic carbocycles. The topological polar surface area (TPSA) is 76.8 Å². The Kier molecular flexibility index (Phi) is 6.14. The predicted octanol–water partition coefficient (Wildman–Crippen LogP) is 3.69. The first-order chi connectivity index (χ1) is 15.5. The lowest BCUT2D eigenvalue weighted by atomic mass is 10.2. The maximum Gasteiger partial charge on any atom is 0.261 e. The summed E-state index contributed by atoms with van der Waals surface area (Å²) in [5, 5.41) is 0. The summed E-state index contributed by atoms with van der Waals surface area (Å²) in [6.07, 6.45) is 1.09. The Morgan fingerprint density at radius 3 is 2.24 bits per heavy atom. The normalized spacial score (nSPS) is 23.5. The second-order valence-electron chi connectivity index (χ2n) is 8.39. The fourth-order valence-corrected chi connectivity index (χ4v) is 5.67. The Hall–Kier alpha value is -2.63. The van der Waals surface area contributed by atoms with Gasteiger partial charge in [0, 0.05) is 12.0 Å². The third-order valence-corrected chi connectivity index (χ3v) is 7.71. The van der Waals surface area contributed by atoms with Crippen LogP contribution in [-0.2, 0) is 21.2 Å². The zero-order chi connectivity index (χ0) is 24.1. The highest BCUT2D eigenvalue weighted by Crippen LogP contribution is 2.47. The average Bonchev–Trinajstić information content (AvgIpc) is 3.15. The van der Waals surface area contributed by atoms with Crippen LogP contribution in [0.2, 0.25) is 0 Å². The van der Waals surface area contributed by atoms with E-state index in [1.54, 1.807) is 12.1 Å². The van der Waals surface area contributed by atoms with Gasteiger partial charge in [-0.2, -0.15) is 8.78 Å². The van der Waals surface area contributed by atoms with E-state index in [1.807, 2.05) is 0 Å². The lowest BCUT2D eigenvalue weighted by Gasteiger charge is -2.27. The Labute approximate surface area is 186 Å². The van der Waals surface area contributed by atoms with Gasteiger partial charge in [-0.1, -0.05) is 6.92 Å². The minimum atomic E-state index is -3.39. The lowest BCUT2D eigenvalue weighted by Crippen LogP contribution is -2.43. The summed E-state index contributed by atoms with van der Waals surface area (Å²) >= 11 is 0. The largest absolute Gasteiger partial charge is 0.477 e. The maximum absolute atomic E-state index is 13.9. The van der Waals surface area contributed by atoms with Gasteiger partial charge in [-0.05, 0) is 30.9 Å². The van der Waals surface area contributed by atoms with Crippen LogP contribution < -0.4 is 4.74 Å². The molecule has 2 aromatic rings. The van der Waals surface area contributed by atoms with Gasteiger partial charge in [0.05, 0.1) is 18.1 Å². The van der Waals surface area contributed by atoms with Crippen molar-refractivity contribution in [1.82, 2.24) is 4.90 Å². The fourth-order valence-electron chi connectivity index (χ4n) is 3.94. The Morgan fingerprint density at radius 2 is 1.70 bits per heavy atom. The molecule has 1 saturated carbocycles. The van der Waals surface area contributed by atoms with Crippen LogP contribution in [0.15, 0.2) is 16.5 Å². The van der Waals surface area contributed by atoms with Crippen LogP contribution in [0.1, 0.15) is 37.2 Å². The number of carbonyl (C=O) groups excluding carboxylic acids is 1. The molecule has 0 spiro atoms. The fraction of sp³-hybridized carbons (Fsp3) is 0.476. The van der Waals surface area contributed by atoms with E-state index >= 15 is 0 Å². The van der Waals surface area contributed by atoms with E-state index in [-0.39, 0.29) is 30.4 Å². The molecule has 180 valence electrons. The van der Waals surface area contributed by atoms with Crippen LogP contribution in [0.25, 0.3) is 0 Å². The average molecular weight is 493 g/mol. The van der Waals surface area contributed by atoms with Gasteiger partial charge in [0.15, 0.2) is 22.2 Å². The Balaban J connectivity index is 1.53. The van der Waals surface area contributed by atoms with E-state index in [0.717, 1.165) is 17.1 Å². The van der Waals surface area contributed by atoms with Crippen molar-refractivity contribution in [3.8, 4) is 5.75 Å². The first-order valence-corrected chi connectivity index (χ1v) is 12.0. The quantitative estimate of drug-likeness (QED) is 0.334. The molecule has 33 heavy (non-hydrogen) atoms. The molecular weight excluding hydrogens is 473 g/mol. The van der Waals surface area contributed by atoms with E-state index < -0.39 is 63.2 Å². The summed E-state index contributed by atoms with van der Waals surface area (Å²) in [4.78, 5) is 14.0. The number of hydrogen-bond acceptors (Lipinski definition) is 5. The number of carbonyl (C=O) groups is 1. The first-order valence-electron chi connectivity index (χ1n) is 10.2. The van der Waals surface area contributed by atoms with E-state index in [9.17, 15) is 35.2 Å². The van der Waals surface area contributed by atoms with Crippen molar-refractivity contribution in [2.24, 2.45) is 5.92 Å². The van der Waals surface area contributed by atoms with Crippen molar-refractivity contribution in [1.29, 1.82) is 0 Å². The van der Waals surface area contributed by atoms with Gasteiger partial charge in [-0.15, -0.1) is 0 Å². The minimum Gasteiger partial charge on any atom is -0.477 e. The maximum atomic E-state index is 13.9. The molecule has 6 nitrogen and oxygen atoms in total. The second kappa shape index (κ2) is 8.62. The molecule has 12 heteroatoms. The molecule has 1 aliphatic carbocycles. The van der Waals surface area contributed by atoms with E-state index in [0.29, 0.717) is 11.7 Å². The molecule has 1 aliphatic heterocycles. The van der Waals surface area contributed by atoms with Crippen LogP contribution in [-0.4, -0.2) is 43.4 Å². The first kappa shape index (κ1) is 23.5. The number of benzene rings is 1. The van der Waals surface area contributed by atoms with Crippen molar-refractivity contribution in [3.05, 3.63) is 52.7 Å². The van der Waals surface area contributed by atoms with Crippen LogP contribution >= 0.6 is 0 Å². The van der Waals surface area contributed by atoms with E-state index in [4.69, 9.17) is 4.42 Å². The highest BCUT2D eigenvalue weighted by atomic mass is 32.2. The van der Waals surface area contributed by atoms with Gasteiger partial charge in [-0.3, -0.25) is 4.79 Å². The van der Waals surface area contributed by atoms with Crippen LogP contribution in [0.4, 0.5) is 22.0 Å². The number of amides is 1. The smallest absolute Gasteiger partial charge is 0.261 e. The van der Waals surface area contributed by atoms with Gasteiger partial charge in [0.25, 0.3) is 5.91 Å². The number of hydrogen-bond donors (Lipinski definition) is 0. The molecule has 2 aliphatic rings. The number of rotatable bonds is 7. The minimum absolute atomic E-state index is 0.129. The molecule has 2 fully saturated rings. The van der Waals surface area contributed by atoms with E-state index in [1.165, 1.54) is 0 Å². The molecule has 3 atom stereocenters. The molecule has 0 radical (unpaired) electrons. The molecular formula is C21H20F5NO5S. The van der Waals surface area contributed by atoms with Crippen LogP contribution in [0.5, 0.6) is 5.75 Å². The third-order valence-electron chi connectivity index (χ3n) is 5.96. The highest BCUT2D eigenvalue weighted by Gasteiger charge is 2.38.